The van der Waals surface area contributed by atoms with Gasteiger partial charge in [-0.1, -0.05) is 30.3 Å². The first-order valence-corrected chi connectivity index (χ1v) is 5.96. The van der Waals surface area contributed by atoms with E-state index in [4.69, 9.17) is 4.74 Å². The Morgan fingerprint density at radius 1 is 1.21 bits per heavy atom. The van der Waals surface area contributed by atoms with Crippen molar-refractivity contribution >= 4 is 5.97 Å². The molecule has 1 heterocycles. The van der Waals surface area contributed by atoms with Crippen molar-refractivity contribution in [3.63, 3.8) is 0 Å². The third-order valence-electron chi connectivity index (χ3n) is 2.72. The number of methoxy groups -OCH3 is 1. The highest BCUT2D eigenvalue weighted by atomic mass is 16.5. The highest BCUT2D eigenvalue weighted by Crippen LogP contribution is 2.20. The molecule has 1 aromatic carbocycles. The summed E-state index contributed by atoms with van der Waals surface area (Å²) in [5.41, 5.74) is 1.47. The lowest BCUT2D eigenvalue weighted by Crippen LogP contribution is -2.06. The molecule has 0 amide bonds. The predicted molar refractivity (Wildman–Crippen MR) is 71.1 cm³/mol. The molecule has 0 aliphatic heterocycles. The Morgan fingerprint density at radius 3 is 2.63 bits per heavy atom. The van der Waals surface area contributed by atoms with E-state index >= 15 is 0 Å². The van der Waals surface area contributed by atoms with E-state index < -0.39 is 5.97 Å². The Morgan fingerprint density at radius 2 is 1.95 bits per heavy atom. The lowest BCUT2D eigenvalue weighted by molar-refractivity contribution is 0.0599. The van der Waals surface area contributed by atoms with Crippen LogP contribution in [0.3, 0.4) is 0 Å². The minimum atomic E-state index is -0.403. The summed E-state index contributed by atoms with van der Waals surface area (Å²) in [5.74, 6) is -0.00105. The monoisotopic (exact) mass is 257 g/mol. The van der Waals surface area contributed by atoms with E-state index in [9.17, 15) is 4.79 Å². The molecule has 0 spiro atoms. The number of carbonyl (C=O) groups is 1. The van der Waals surface area contributed by atoms with Crippen molar-refractivity contribution in [2.45, 2.75) is 13.0 Å². The first-order valence-electron chi connectivity index (χ1n) is 5.96. The zero-order valence-corrected chi connectivity index (χ0v) is 10.9. The van der Waals surface area contributed by atoms with Crippen molar-refractivity contribution in [1.82, 2.24) is 4.98 Å². The van der Waals surface area contributed by atoms with Gasteiger partial charge in [0.05, 0.1) is 12.7 Å². The maximum absolute atomic E-state index is 11.4. The second kappa shape index (κ2) is 6.00. The molecule has 0 fully saturated rings. The van der Waals surface area contributed by atoms with Crippen molar-refractivity contribution in [3.05, 3.63) is 59.8 Å². The van der Waals surface area contributed by atoms with Crippen LogP contribution in [0, 0.1) is 0 Å². The fourth-order valence-corrected chi connectivity index (χ4v) is 1.69. The van der Waals surface area contributed by atoms with Crippen LogP contribution in [0.4, 0.5) is 0 Å². The standard InChI is InChI=1S/C15H15NO3/c1-11(12-6-4-3-5-7-12)19-14-10-13(8-9-16-14)15(17)18-2/h3-11H,1-2H3. The number of benzene rings is 1. The van der Waals surface area contributed by atoms with Gasteiger partial charge < -0.3 is 9.47 Å². The normalized spacial score (nSPS) is 11.7. The highest BCUT2D eigenvalue weighted by Gasteiger charge is 2.10. The number of aromatic nitrogens is 1. The molecule has 0 bridgehead atoms. The third-order valence-corrected chi connectivity index (χ3v) is 2.72. The maximum Gasteiger partial charge on any atom is 0.338 e. The Kier molecular flexibility index (Phi) is 4.13. The molecule has 2 rings (SSSR count). The summed E-state index contributed by atoms with van der Waals surface area (Å²) in [6.07, 6.45) is 1.39. The van der Waals surface area contributed by atoms with Gasteiger partial charge in [-0.05, 0) is 18.6 Å². The van der Waals surface area contributed by atoms with E-state index in [0.29, 0.717) is 11.4 Å². The van der Waals surface area contributed by atoms with Gasteiger partial charge in [0.25, 0.3) is 0 Å². The summed E-state index contributed by atoms with van der Waals surface area (Å²) in [4.78, 5) is 15.5. The van der Waals surface area contributed by atoms with Gasteiger partial charge >= 0.3 is 5.97 Å². The fourth-order valence-electron chi connectivity index (χ4n) is 1.69. The number of pyridine rings is 1. The molecule has 4 heteroatoms. The number of esters is 1. The van der Waals surface area contributed by atoms with E-state index in [1.807, 2.05) is 37.3 Å². The van der Waals surface area contributed by atoms with Gasteiger partial charge in [0, 0.05) is 12.3 Å². The van der Waals surface area contributed by atoms with Crippen molar-refractivity contribution in [3.8, 4) is 5.88 Å². The van der Waals surface area contributed by atoms with E-state index in [-0.39, 0.29) is 6.10 Å². The van der Waals surface area contributed by atoms with Crippen LogP contribution in [-0.2, 0) is 4.74 Å². The molecule has 2 aromatic rings. The third kappa shape index (κ3) is 3.31. The lowest BCUT2D eigenvalue weighted by Gasteiger charge is -2.14. The molecule has 0 N–H and O–H groups in total. The summed E-state index contributed by atoms with van der Waals surface area (Å²) < 4.78 is 10.4. The quantitative estimate of drug-likeness (QED) is 0.790. The Labute approximate surface area is 112 Å². The number of rotatable bonds is 4. The lowest BCUT2D eigenvalue weighted by atomic mass is 10.1. The van der Waals surface area contributed by atoms with Gasteiger partial charge in [-0.15, -0.1) is 0 Å². The summed E-state index contributed by atoms with van der Waals surface area (Å²) >= 11 is 0. The first kappa shape index (κ1) is 13.1. The molecule has 0 aliphatic rings. The van der Waals surface area contributed by atoms with Gasteiger partial charge in [0.15, 0.2) is 0 Å². The van der Waals surface area contributed by atoms with E-state index in [2.05, 4.69) is 9.72 Å². The van der Waals surface area contributed by atoms with Crippen molar-refractivity contribution in [1.29, 1.82) is 0 Å². The van der Waals surface area contributed by atoms with Gasteiger partial charge in [0.1, 0.15) is 6.10 Å². The van der Waals surface area contributed by atoms with Crippen molar-refractivity contribution in [2.24, 2.45) is 0 Å². The van der Waals surface area contributed by atoms with Gasteiger partial charge in [-0.2, -0.15) is 0 Å². The molecule has 1 aromatic heterocycles. The van der Waals surface area contributed by atoms with Gasteiger partial charge in [0.2, 0.25) is 5.88 Å². The van der Waals surface area contributed by atoms with Gasteiger partial charge in [-0.25, -0.2) is 9.78 Å². The van der Waals surface area contributed by atoms with Crippen LogP contribution in [0.2, 0.25) is 0 Å². The summed E-state index contributed by atoms with van der Waals surface area (Å²) in [7, 11) is 1.34. The van der Waals surface area contributed by atoms with E-state index in [1.54, 1.807) is 12.1 Å². The van der Waals surface area contributed by atoms with Crippen molar-refractivity contribution in [2.75, 3.05) is 7.11 Å². The zero-order chi connectivity index (χ0) is 13.7. The molecule has 98 valence electrons. The molecule has 1 atom stereocenters. The average Bonchev–Trinajstić information content (AvgIpc) is 2.47. The number of hydrogen-bond acceptors (Lipinski definition) is 4. The van der Waals surface area contributed by atoms with Crippen LogP contribution < -0.4 is 4.74 Å². The van der Waals surface area contributed by atoms with Crippen LogP contribution in [0.25, 0.3) is 0 Å². The van der Waals surface area contributed by atoms with Crippen LogP contribution in [-0.4, -0.2) is 18.1 Å². The maximum atomic E-state index is 11.4. The largest absolute Gasteiger partial charge is 0.470 e. The molecule has 0 saturated heterocycles. The fraction of sp³-hybridized carbons (Fsp3) is 0.200. The summed E-state index contributed by atoms with van der Waals surface area (Å²) in [6, 6.07) is 13.0. The Hall–Kier alpha value is -2.36. The average molecular weight is 257 g/mol. The minimum absolute atomic E-state index is 0.137. The first-order chi connectivity index (χ1) is 9.20. The number of carbonyl (C=O) groups excluding carboxylic acids is 1. The molecular formula is C15H15NO3. The van der Waals surface area contributed by atoms with Crippen LogP contribution in [0.1, 0.15) is 28.9 Å². The number of nitrogens with zero attached hydrogens (tertiary/aromatic N) is 1. The van der Waals surface area contributed by atoms with E-state index in [1.165, 1.54) is 13.3 Å². The number of ether oxygens (including phenoxy) is 2. The molecular weight excluding hydrogens is 242 g/mol. The predicted octanol–water partition coefficient (Wildman–Crippen LogP) is 3.01. The number of hydrogen-bond donors (Lipinski definition) is 0. The zero-order valence-electron chi connectivity index (χ0n) is 10.9. The van der Waals surface area contributed by atoms with Crippen LogP contribution in [0.5, 0.6) is 5.88 Å². The Balaban J connectivity index is 2.13. The van der Waals surface area contributed by atoms with Crippen molar-refractivity contribution < 1.29 is 14.3 Å². The smallest absolute Gasteiger partial charge is 0.338 e. The SMILES string of the molecule is COC(=O)c1ccnc(OC(C)c2ccccc2)c1. The Bertz CT molecular complexity index is 554. The van der Waals surface area contributed by atoms with E-state index in [0.717, 1.165) is 5.56 Å². The van der Waals surface area contributed by atoms with Crippen LogP contribution in [0.15, 0.2) is 48.7 Å². The second-order valence-electron chi connectivity index (χ2n) is 4.05. The molecule has 4 nitrogen and oxygen atoms in total. The molecule has 0 saturated carbocycles. The summed E-state index contributed by atoms with van der Waals surface area (Å²) in [6.45, 7) is 1.93. The highest BCUT2D eigenvalue weighted by molar-refractivity contribution is 5.89. The van der Waals surface area contributed by atoms with Gasteiger partial charge in [-0.3, -0.25) is 0 Å². The molecule has 1 unspecified atom stereocenters. The topological polar surface area (TPSA) is 48.4 Å². The summed E-state index contributed by atoms with van der Waals surface area (Å²) in [5, 5.41) is 0. The molecule has 19 heavy (non-hydrogen) atoms. The second-order valence-corrected chi connectivity index (χ2v) is 4.05. The molecule has 0 radical (unpaired) electrons. The van der Waals surface area contributed by atoms with Crippen LogP contribution >= 0.6 is 0 Å². The molecule has 0 aliphatic carbocycles. The minimum Gasteiger partial charge on any atom is -0.470 e.